The summed E-state index contributed by atoms with van der Waals surface area (Å²) in [5.41, 5.74) is 1.13. The second-order valence-electron chi connectivity index (χ2n) is 6.44. The number of benzene rings is 1. The van der Waals surface area contributed by atoms with Gasteiger partial charge < -0.3 is 10.2 Å². The molecular weight excluding hydrogens is 358 g/mol. The number of hydrogen-bond donors (Lipinski definition) is 1. The van der Waals surface area contributed by atoms with E-state index in [0.717, 1.165) is 12.8 Å². The molecular formula is C21H25N3O2S. The Morgan fingerprint density at radius 3 is 2.78 bits per heavy atom. The van der Waals surface area contributed by atoms with Crippen LogP contribution < -0.4 is 5.32 Å². The second kappa shape index (κ2) is 10.5. The Balaban J connectivity index is 1.92. The number of rotatable bonds is 9. The molecule has 6 heteroatoms. The third-order valence-electron chi connectivity index (χ3n) is 4.18. The van der Waals surface area contributed by atoms with Gasteiger partial charge in [0.2, 0.25) is 5.91 Å². The van der Waals surface area contributed by atoms with Crippen molar-refractivity contribution in [3.8, 4) is 6.07 Å². The normalized spacial score (nSPS) is 11.4. The Bertz CT molecular complexity index is 796. The number of carbonyl (C=O) groups excluding carboxylic acids is 2. The zero-order valence-electron chi connectivity index (χ0n) is 15.8. The van der Waals surface area contributed by atoms with Gasteiger partial charge in [-0.05, 0) is 56.3 Å². The maximum atomic E-state index is 12.7. The van der Waals surface area contributed by atoms with Crippen molar-refractivity contribution in [2.45, 2.75) is 33.1 Å². The maximum absolute atomic E-state index is 12.7. The van der Waals surface area contributed by atoms with Gasteiger partial charge in [0.25, 0.3) is 5.91 Å². The SMILES string of the molecule is CCN(CC(C)C#N)C(=O)c1cccc(NC(=O)CCCc2cccs2)c1. The average molecular weight is 384 g/mol. The Hall–Kier alpha value is -2.65. The third kappa shape index (κ3) is 6.54. The van der Waals surface area contributed by atoms with Crippen LogP contribution >= 0.6 is 11.3 Å². The van der Waals surface area contributed by atoms with Crippen LogP contribution in [0.3, 0.4) is 0 Å². The number of carbonyl (C=O) groups is 2. The fraction of sp³-hybridized carbons (Fsp3) is 0.381. The summed E-state index contributed by atoms with van der Waals surface area (Å²) < 4.78 is 0. The van der Waals surface area contributed by atoms with Crippen LogP contribution in [0.2, 0.25) is 0 Å². The van der Waals surface area contributed by atoms with Gasteiger partial charge in [-0.1, -0.05) is 12.1 Å². The largest absolute Gasteiger partial charge is 0.338 e. The minimum atomic E-state index is -0.222. The van der Waals surface area contributed by atoms with E-state index in [4.69, 9.17) is 5.26 Å². The van der Waals surface area contributed by atoms with E-state index < -0.39 is 0 Å². The lowest BCUT2D eigenvalue weighted by Gasteiger charge is -2.22. The van der Waals surface area contributed by atoms with E-state index in [9.17, 15) is 9.59 Å². The van der Waals surface area contributed by atoms with Gasteiger partial charge in [-0.15, -0.1) is 11.3 Å². The first kappa shape index (κ1) is 20.7. The Morgan fingerprint density at radius 1 is 1.30 bits per heavy atom. The second-order valence-corrected chi connectivity index (χ2v) is 7.47. The predicted molar refractivity (Wildman–Crippen MR) is 109 cm³/mol. The number of amides is 2. The first-order valence-electron chi connectivity index (χ1n) is 9.14. The van der Waals surface area contributed by atoms with Gasteiger partial charge in [0, 0.05) is 35.6 Å². The number of nitriles is 1. The molecule has 1 atom stereocenters. The zero-order chi connectivity index (χ0) is 19.6. The van der Waals surface area contributed by atoms with Crippen LogP contribution in [0.4, 0.5) is 5.69 Å². The zero-order valence-corrected chi connectivity index (χ0v) is 16.6. The molecule has 1 unspecified atom stereocenters. The summed E-state index contributed by atoms with van der Waals surface area (Å²) >= 11 is 1.70. The van der Waals surface area contributed by atoms with Crippen LogP contribution in [-0.2, 0) is 11.2 Å². The van der Waals surface area contributed by atoms with Crippen LogP contribution in [0.25, 0.3) is 0 Å². The summed E-state index contributed by atoms with van der Waals surface area (Å²) in [5.74, 6) is -0.407. The van der Waals surface area contributed by atoms with Crippen LogP contribution in [0.5, 0.6) is 0 Å². The molecule has 2 rings (SSSR count). The molecule has 2 aromatic rings. The lowest BCUT2D eigenvalue weighted by atomic mass is 10.1. The molecule has 142 valence electrons. The van der Waals surface area contributed by atoms with Crippen molar-refractivity contribution in [2.75, 3.05) is 18.4 Å². The molecule has 0 aliphatic rings. The van der Waals surface area contributed by atoms with E-state index in [1.54, 1.807) is 47.4 Å². The highest BCUT2D eigenvalue weighted by Gasteiger charge is 2.17. The van der Waals surface area contributed by atoms with Crippen molar-refractivity contribution in [1.82, 2.24) is 4.90 Å². The van der Waals surface area contributed by atoms with E-state index in [0.29, 0.717) is 30.8 Å². The molecule has 0 aliphatic carbocycles. The Morgan fingerprint density at radius 2 is 2.11 bits per heavy atom. The molecule has 27 heavy (non-hydrogen) atoms. The molecule has 0 spiro atoms. The fourth-order valence-electron chi connectivity index (χ4n) is 2.74. The third-order valence-corrected chi connectivity index (χ3v) is 5.12. The fourth-order valence-corrected chi connectivity index (χ4v) is 3.49. The molecule has 1 heterocycles. The molecule has 0 saturated heterocycles. The molecule has 0 bridgehead atoms. The molecule has 0 aliphatic heterocycles. The van der Waals surface area contributed by atoms with E-state index in [1.165, 1.54) is 4.88 Å². The van der Waals surface area contributed by atoms with Crippen LogP contribution in [0, 0.1) is 17.2 Å². The first-order valence-corrected chi connectivity index (χ1v) is 10.0. The molecule has 0 fully saturated rings. The molecule has 0 saturated carbocycles. The topological polar surface area (TPSA) is 73.2 Å². The van der Waals surface area contributed by atoms with Crippen LogP contribution in [0.15, 0.2) is 41.8 Å². The lowest BCUT2D eigenvalue weighted by Crippen LogP contribution is -2.34. The highest BCUT2D eigenvalue weighted by Crippen LogP contribution is 2.16. The van der Waals surface area contributed by atoms with Crippen molar-refractivity contribution in [2.24, 2.45) is 5.92 Å². The highest BCUT2D eigenvalue weighted by molar-refractivity contribution is 7.09. The Labute approximate surface area is 164 Å². The van der Waals surface area contributed by atoms with Crippen molar-refractivity contribution in [3.05, 3.63) is 52.2 Å². The molecule has 2 amide bonds. The van der Waals surface area contributed by atoms with Crippen molar-refractivity contribution in [3.63, 3.8) is 0 Å². The van der Waals surface area contributed by atoms with Crippen molar-refractivity contribution in [1.29, 1.82) is 5.26 Å². The van der Waals surface area contributed by atoms with E-state index >= 15 is 0 Å². The van der Waals surface area contributed by atoms with Gasteiger partial charge >= 0.3 is 0 Å². The van der Waals surface area contributed by atoms with Gasteiger partial charge in [0.05, 0.1) is 12.0 Å². The highest BCUT2D eigenvalue weighted by atomic mass is 32.1. The minimum Gasteiger partial charge on any atom is -0.338 e. The number of hydrogen-bond acceptors (Lipinski definition) is 4. The van der Waals surface area contributed by atoms with Gasteiger partial charge in [-0.3, -0.25) is 9.59 Å². The molecule has 1 aromatic heterocycles. The standard InChI is InChI=1S/C21H25N3O2S/c1-3-24(15-16(2)14-22)21(26)17-7-4-8-18(13-17)23-20(25)11-5-9-19-10-6-12-27-19/h4,6-8,10,12-13,16H,3,5,9,11,15H2,1-2H3,(H,23,25). The van der Waals surface area contributed by atoms with Crippen molar-refractivity contribution < 1.29 is 9.59 Å². The van der Waals surface area contributed by atoms with Gasteiger partial charge in [-0.25, -0.2) is 0 Å². The van der Waals surface area contributed by atoms with Gasteiger partial charge in [0.1, 0.15) is 0 Å². The average Bonchev–Trinajstić information content (AvgIpc) is 3.19. The summed E-state index contributed by atoms with van der Waals surface area (Å²) in [4.78, 5) is 27.8. The van der Waals surface area contributed by atoms with E-state index in [1.807, 2.05) is 18.4 Å². The number of thiophene rings is 1. The number of nitrogens with one attached hydrogen (secondary N) is 1. The first-order chi connectivity index (χ1) is 13.0. The minimum absolute atomic E-state index is 0.0541. The van der Waals surface area contributed by atoms with Gasteiger partial charge in [0.15, 0.2) is 0 Å². The lowest BCUT2D eigenvalue weighted by molar-refractivity contribution is -0.116. The molecule has 1 aromatic carbocycles. The van der Waals surface area contributed by atoms with E-state index in [2.05, 4.69) is 17.5 Å². The smallest absolute Gasteiger partial charge is 0.253 e. The quantitative estimate of drug-likeness (QED) is 0.700. The van der Waals surface area contributed by atoms with Crippen LogP contribution in [-0.4, -0.2) is 29.8 Å². The number of aryl methyl sites for hydroxylation is 1. The van der Waals surface area contributed by atoms with Gasteiger partial charge in [-0.2, -0.15) is 5.26 Å². The summed E-state index contributed by atoms with van der Waals surface area (Å²) in [5, 5.41) is 13.9. The molecule has 5 nitrogen and oxygen atoms in total. The Kier molecular flexibility index (Phi) is 8.02. The maximum Gasteiger partial charge on any atom is 0.253 e. The van der Waals surface area contributed by atoms with Crippen molar-refractivity contribution >= 4 is 28.8 Å². The molecule has 0 radical (unpaired) electrons. The summed E-state index contributed by atoms with van der Waals surface area (Å²) in [6, 6.07) is 13.2. The van der Waals surface area contributed by atoms with Crippen LogP contribution in [0.1, 0.15) is 41.9 Å². The summed E-state index contributed by atoms with van der Waals surface area (Å²) in [7, 11) is 0. The summed E-state index contributed by atoms with van der Waals surface area (Å²) in [6.07, 6.45) is 2.13. The predicted octanol–water partition coefficient (Wildman–Crippen LogP) is 4.33. The molecule has 1 N–H and O–H groups in total. The number of anilines is 1. The summed E-state index contributed by atoms with van der Waals surface area (Å²) in [6.45, 7) is 4.61. The monoisotopic (exact) mass is 383 g/mol. The number of nitrogens with zero attached hydrogens (tertiary/aromatic N) is 2. The van der Waals surface area contributed by atoms with E-state index in [-0.39, 0.29) is 17.7 Å².